The molecule has 2 nitrogen and oxygen atoms in total. The summed E-state index contributed by atoms with van der Waals surface area (Å²) in [6.45, 7) is 6.41. The second-order valence-corrected chi connectivity index (χ2v) is 7.57. The SMILES string of the molecule is CC(C)(C)c1ccc(S(=O)Cc2ccc(N)c(F)c2)cc1. The fraction of sp³-hybridized carbons (Fsp3) is 0.294. The largest absolute Gasteiger partial charge is 0.396 e. The zero-order chi connectivity index (χ0) is 15.6. The van der Waals surface area contributed by atoms with E-state index in [0.29, 0.717) is 5.56 Å². The van der Waals surface area contributed by atoms with Crippen molar-refractivity contribution in [3.63, 3.8) is 0 Å². The maximum Gasteiger partial charge on any atom is 0.146 e. The van der Waals surface area contributed by atoms with Crippen LogP contribution in [0.15, 0.2) is 47.4 Å². The Labute approximate surface area is 127 Å². The van der Waals surface area contributed by atoms with E-state index in [4.69, 9.17) is 5.73 Å². The van der Waals surface area contributed by atoms with Crippen LogP contribution in [-0.2, 0) is 22.0 Å². The number of nitrogen functional groups attached to an aromatic ring is 1. The molecule has 0 aliphatic rings. The third kappa shape index (κ3) is 3.91. The van der Waals surface area contributed by atoms with Gasteiger partial charge in [-0.25, -0.2) is 4.39 Å². The second-order valence-electron chi connectivity index (χ2n) is 6.12. The van der Waals surface area contributed by atoms with Crippen LogP contribution in [0.3, 0.4) is 0 Å². The minimum absolute atomic E-state index is 0.0696. The summed E-state index contributed by atoms with van der Waals surface area (Å²) < 4.78 is 25.7. The van der Waals surface area contributed by atoms with E-state index < -0.39 is 16.6 Å². The summed E-state index contributed by atoms with van der Waals surface area (Å²) in [5.74, 6) is -0.181. The minimum atomic E-state index is -1.19. The van der Waals surface area contributed by atoms with Crippen molar-refractivity contribution in [3.8, 4) is 0 Å². The molecule has 0 fully saturated rings. The molecule has 112 valence electrons. The lowest BCUT2D eigenvalue weighted by Gasteiger charge is -2.19. The zero-order valence-electron chi connectivity index (χ0n) is 12.5. The van der Waals surface area contributed by atoms with Crippen LogP contribution in [0.5, 0.6) is 0 Å². The van der Waals surface area contributed by atoms with Gasteiger partial charge in [0.25, 0.3) is 0 Å². The van der Waals surface area contributed by atoms with Gasteiger partial charge < -0.3 is 5.73 Å². The van der Waals surface area contributed by atoms with Gasteiger partial charge in [0.05, 0.1) is 22.2 Å². The topological polar surface area (TPSA) is 43.1 Å². The van der Waals surface area contributed by atoms with E-state index >= 15 is 0 Å². The summed E-state index contributed by atoms with van der Waals surface area (Å²) in [5, 5.41) is 0. The van der Waals surface area contributed by atoms with Crippen molar-refractivity contribution in [3.05, 3.63) is 59.4 Å². The number of hydrogen-bond acceptors (Lipinski definition) is 2. The summed E-state index contributed by atoms with van der Waals surface area (Å²) in [5.41, 5.74) is 7.49. The van der Waals surface area contributed by atoms with Gasteiger partial charge in [0.2, 0.25) is 0 Å². The molecule has 0 aliphatic heterocycles. The lowest BCUT2D eigenvalue weighted by atomic mass is 9.87. The molecule has 2 aromatic carbocycles. The molecule has 0 spiro atoms. The van der Waals surface area contributed by atoms with Crippen LogP contribution in [0.25, 0.3) is 0 Å². The van der Waals surface area contributed by atoms with Gasteiger partial charge in [-0.15, -0.1) is 0 Å². The summed E-state index contributed by atoms with van der Waals surface area (Å²) >= 11 is 0. The van der Waals surface area contributed by atoms with E-state index in [9.17, 15) is 8.60 Å². The molecule has 0 saturated carbocycles. The normalized spacial score (nSPS) is 13.1. The predicted octanol–water partition coefficient (Wildman–Crippen LogP) is 4.01. The molecule has 2 N–H and O–H groups in total. The van der Waals surface area contributed by atoms with E-state index in [1.54, 1.807) is 6.07 Å². The summed E-state index contributed by atoms with van der Waals surface area (Å²) in [7, 11) is -1.19. The Morgan fingerprint density at radius 3 is 2.24 bits per heavy atom. The van der Waals surface area contributed by atoms with E-state index in [0.717, 1.165) is 4.90 Å². The highest BCUT2D eigenvalue weighted by Gasteiger charge is 2.14. The van der Waals surface area contributed by atoms with Crippen molar-refractivity contribution in [2.24, 2.45) is 0 Å². The average Bonchev–Trinajstić information content (AvgIpc) is 2.42. The molecular weight excluding hydrogens is 285 g/mol. The van der Waals surface area contributed by atoms with Crippen molar-refractivity contribution in [2.75, 3.05) is 5.73 Å². The van der Waals surface area contributed by atoms with E-state index in [-0.39, 0.29) is 16.9 Å². The summed E-state index contributed by atoms with van der Waals surface area (Å²) in [6.07, 6.45) is 0. The minimum Gasteiger partial charge on any atom is -0.396 e. The summed E-state index contributed by atoms with van der Waals surface area (Å²) in [6, 6.07) is 12.3. The van der Waals surface area contributed by atoms with Crippen molar-refractivity contribution >= 4 is 16.5 Å². The molecule has 21 heavy (non-hydrogen) atoms. The van der Waals surface area contributed by atoms with Crippen molar-refractivity contribution in [2.45, 2.75) is 36.8 Å². The van der Waals surface area contributed by atoms with Crippen LogP contribution >= 0.6 is 0 Å². The maximum absolute atomic E-state index is 13.4. The quantitative estimate of drug-likeness (QED) is 0.871. The average molecular weight is 305 g/mol. The Balaban J connectivity index is 2.15. The van der Waals surface area contributed by atoms with Gasteiger partial charge in [-0.05, 0) is 40.8 Å². The molecule has 0 bridgehead atoms. The molecule has 0 saturated heterocycles. The lowest BCUT2D eigenvalue weighted by Crippen LogP contribution is -2.10. The Morgan fingerprint density at radius 1 is 1.10 bits per heavy atom. The first-order valence-electron chi connectivity index (χ1n) is 6.80. The Kier molecular flexibility index (Phi) is 4.47. The summed E-state index contributed by atoms with van der Waals surface area (Å²) in [4.78, 5) is 0.750. The highest BCUT2D eigenvalue weighted by atomic mass is 32.2. The smallest absolute Gasteiger partial charge is 0.146 e. The number of halogens is 1. The fourth-order valence-electron chi connectivity index (χ4n) is 2.00. The van der Waals surface area contributed by atoms with Gasteiger partial charge in [-0.3, -0.25) is 4.21 Å². The number of rotatable bonds is 3. The number of benzene rings is 2. The molecule has 0 aliphatic carbocycles. The van der Waals surface area contributed by atoms with Crippen LogP contribution in [0.2, 0.25) is 0 Å². The fourth-order valence-corrected chi connectivity index (χ4v) is 3.09. The van der Waals surface area contributed by atoms with Crippen LogP contribution in [0.1, 0.15) is 31.9 Å². The maximum atomic E-state index is 13.4. The van der Waals surface area contributed by atoms with Crippen molar-refractivity contribution in [1.82, 2.24) is 0 Å². The molecular formula is C17H20FNOS. The molecule has 4 heteroatoms. The first-order chi connectivity index (χ1) is 9.77. The number of anilines is 1. The highest BCUT2D eigenvalue weighted by Crippen LogP contribution is 2.24. The first-order valence-corrected chi connectivity index (χ1v) is 8.12. The molecule has 1 unspecified atom stereocenters. The molecule has 2 rings (SSSR count). The van der Waals surface area contributed by atoms with Crippen molar-refractivity contribution in [1.29, 1.82) is 0 Å². The molecule has 0 heterocycles. The second kappa shape index (κ2) is 5.98. The van der Waals surface area contributed by atoms with Gasteiger partial charge in [-0.2, -0.15) is 0 Å². The van der Waals surface area contributed by atoms with E-state index in [1.807, 2.05) is 24.3 Å². The Morgan fingerprint density at radius 2 is 1.71 bits per heavy atom. The Bertz CT molecular complexity index is 659. The van der Waals surface area contributed by atoms with Crippen LogP contribution < -0.4 is 5.73 Å². The number of nitrogens with two attached hydrogens (primary N) is 1. The van der Waals surface area contributed by atoms with Crippen molar-refractivity contribution < 1.29 is 8.60 Å². The monoisotopic (exact) mass is 305 g/mol. The van der Waals surface area contributed by atoms with Gasteiger partial charge in [0, 0.05) is 4.90 Å². The predicted molar refractivity (Wildman–Crippen MR) is 86.1 cm³/mol. The third-order valence-electron chi connectivity index (χ3n) is 3.35. The molecule has 0 radical (unpaired) electrons. The van der Waals surface area contributed by atoms with Gasteiger partial charge in [-0.1, -0.05) is 39.0 Å². The van der Waals surface area contributed by atoms with Crippen LogP contribution in [0, 0.1) is 5.82 Å². The molecule has 1 atom stereocenters. The van der Waals surface area contributed by atoms with E-state index in [1.165, 1.54) is 17.7 Å². The van der Waals surface area contributed by atoms with Gasteiger partial charge in [0.15, 0.2) is 0 Å². The molecule has 0 aromatic heterocycles. The van der Waals surface area contributed by atoms with Gasteiger partial charge in [0.1, 0.15) is 5.82 Å². The van der Waals surface area contributed by atoms with Crippen LogP contribution in [0.4, 0.5) is 10.1 Å². The standard InChI is InChI=1S/C17H20FNOS/c1-17(2,3)13-5-7-14(8-6-13)21(20)11-12-4-9-16(19)15(18)10-12/h4-10H,11,19H2,1-3H3. The van der Waals surface area contributed by atoms with Gasteiger partial charge >= 0.3 is 0 Å². The molecule has 0 amide bonds. The highest BCUT2D eigenvalue weighted by molar-refractivity contribution is 7.84. The Hall–Kier alpha value is -1.68. The lowest BCUT2D eigenvalue weighted by molar-refractivity contribution is 0.589. The van der Waals surface area contributed by atoms with Crippen LogP contribution in [-0.4, -0.2) is 4.21 Å². The molecule has 2 aromatic rings. The first kappa shape index (κ1) is 15.7. The van der Waals surface area contributed by atoms with E-state index in [2.05, 4.69) is 20.8 Å². The third-order valence-corrected chi connectivity index (χ3v) is 4.74. The zero-order valence-corrected chi connectivity index (χ0v) is 13.3. The number of hydrogen-bond donors (Lipinski definition) is 1.